The van der Waals surface area contributed by atoms with Crippen molar-refractivity contribution in [3.05, 3.63) is 11.6 Å². The second kappa shape index (κ2) is 4.10. The molecule has 0 aromatic heterocycles. The molecule has 0 aliphatic heterocycles. The predicted molar refractivity (Wildman–Crippen MR) is 69.6 cm³/mol. The Labute approximate surface area is 105 Å². The summed E-state index contributed by atoms with van der Waals surface area (Å²) in [5, 5.41) is 21.0. The maximum absolute atomic E-state index is 10.7. The lowest BCUT2D eigenvalue weighted by atomic mass is 9.59. The van der Waals surface area contributed by atoms with Crippen LogP contribution in [0.3, 0.4) is 0 Å². The molecule has 0 amide bonds. The molecule has 0 radical (unpaired) electrons. The van der Waals surface area contributed by atoms with Crippen LogP contribution in [0.25, 0.3) is 0 Å². The van der Waals surface area contributed by atoms with Gasteiger partial charge in [0, 0.05) is 5.92 Å². The Kier molecular flexibility index (Phi) is 3.16. The van der Waals surface area contributed by atoms with Crippen molar-refractivity contribution in [3.8, 4) is 0 Å². The van der Waals surface area contributed by atoms with Crippen molar-refractivity contribution in [3.63, 3.8) is 0 Å². The Hall–Kier alpha value is -0.340. The first-order valence-electron chi connectivity index (χ1n) is 6.83. The molecule has 0 aromatic carbocycles. The molecule has 0 heterocycles. The summed E-state index contributed by atoms with van der Waals surface area (Å²) in [6, 6.07) is 0. The molecule has 2 aliphatic rings. The number of aliphatic hydroxyl groups is 2. The normalized spacial score (nSPS) is 49.9. The van der Waals surface area contributed by atoms with E-state index >= 15 is 0 Å². The Morgan fingerprint density at radius 1 is 1.18 bits per heavy atom. The third kappa shape index (κ3) is 2.06. The minimum absolute atomic E-state index is 0.0988. The van der Waals surface area contributed by atoms with Crippen LogP contribution >= 0.6 is 0 Å². The van der Waals surface area contributed by atoms with Gasteiger partial charge in [-0.15, -0.1) is 0 Å². The van der Waals surface area contributed by atoms with Gasteiger partial charge in [-0.3, -0.25) is 0 Å². The molecule has 2 saturated carbocycles. The van der Waals surface area contributed by atoms with Crippen LogP contribution in [-0.2, 0) is 0 Å². The third-order valence-electron chi connectivity index (χ3n) is 5.06. The average Bonchev–Trinajstić information content (AvgIpc) is 2.52. The van der Waals surface area contributed by atoms with Gasteiger partial charge in [0.15, 0.2) is 0 Å². The minimum Gasteiger partial charge on any atom is -0.393 e. The first-order chi connectivity index (χ1) is 7.77. The zero-order chi connectivity index (χ0) is 12.8. The van der Waals surface area contributed by atoms with Crippen LogP contribution in [0.5, 0.6) is 0 Å². The number of hydrogen-bond donors (Lipinski definition) is 2. The highest BCUT2D eigenvalue weighted by atomic mass is 16.3. The van der Waals surface area contributed by atoms with Crippen LogP contribution in [0, 0.1) is 17.3 Å². The zero-order valence-corrected chi connectivity index (χ0v) is 11.5. The van der Waals surface area contributed by atoms with Gasteiger partial charge in [0.1, 0.15) is 0 Å². The Morgan fingerprint density at radius 3 is 2.41 bits per heavy atom. The monoisotopic (exact) mass is 238 g/mol. The molecule has 2 N–H and O–H groups in total. The van der Waals surface area contributed by atoms with Crippen molar-refractivity contribution in [2.75, 3.05) is 0 Å². The van der Waals surface area contributed by atoms with Crippen LogP contribution in [-0.4, -0.2) is 21.9 Å². The van der Waals surface area contributed by atoms with Crippen molar-refractivity contribution in [2.45, 2.75) is 65.1 Å². The van der Waals surface area contributed by atoms with E-state index < -0.39 is 5.60 Å². The number of aliphatic hydroxyl groups excluding tert-OH is 1. The second-order valence-corrected chi connectivity index (χ2v) is 6.84. The molecule has 98 valence electrons. The lowest BCUT2D eigenvalue weighted by molar-refractivity contribution is -0.143. The molecule has 2 rings (SSSR count). The van der Waals surface area contributed by atoms with Crippen molar-refractivity contribution in [2.24, 2.45) is 17.3 Å². The molecule has 0 saturated heterocycles. The molecule has 2 fully saturated rings. The summed E-state index contributed by atoms with van der Waals surface area (Å²) >= 11 is 0. The summed E-state index contributed by atoms with van der Waals surface area (Å²) in [6.07, 6.45) is 5.64. The lowest BCUT2D eigenvalue weighted by Gasteiger charge is -2.50. The maximum atomic E-state index is 10.7. The Balaban J connectivity index is 2.35. The fraction of sp³-hybridized carbons (Fsp3) is 0.867. The number of rotatable bonds is 1. The van der Waals surface area contributed by atoms with E-state index in [1.165, 1.54) is 5.57 Å². The van der Waals surface area contributed by atoms with Crippen LogP contribution in [0.15, 0.2) is 11.6 Å². The third-order valence-corrected chi connectivity index (χ3v) is 5.06. The SMILES string of the molecule is CC(C)=C[C@H]1CC[C@]2(C)C1[C@@](C)(O)CC[C@H]2O. The first kappa shape index (κ1) is 13.1. The molecule has 1 unspecified atom stereocenters. The van der Waals surface area contributed by atoms with E-state index in [4.69, 9.17) is 0 Å². The van der Waals surface area contributed by atoms with E-state index in [-0.39, 0.29) is 17.4 Å². The van der Waals surface area contributed by atoms with Gasteiger partial charge >= 0.3 is 0 Å². The molecule has 2 aliphatic carbocycles. The molecule has 5 atom stereocenters. The van der Waals surface area contributed by atoms with Crippen LogP contribution in [0.2, 0.25) is 0 Å². The van der Waals surface area contributed by atoms with Crippen LogP contribution in [0.4, 0.5) is 0 Å². The van der Waals surface area contributed by atoms with E-state index in [1.807, 2.05) is 6.92 Å². The predicted octanol–water partition coefficient (Wildman–Crippen LogP) is 2.89. The summed E-state index contributed by atoms with van der Waals surface area (Å²) in [6.45, 7) is 8.35. The quantitative estimate of drug-likeness (QED) is 0.690. The van der Waals surface area contributed by atoms with E-state index in [0.29, 0.717) is 5.92 Å². The van der Waals surface area contributed by atoms with Gasteiger partial charge in [0.25, 0.3) is 0 Å². The number of fused-ring (bicyclic) bond motifs is 1. The van der Waals surface area contributed by atoms with Crippen LogP contribution in [0.1, 0.15) is 53.4 Å². The molecule has 0 aromatic rings. The summed E-state index contributed by atoms with van der Waals surface area (Å²) in [5.41, 5.74) is 0.592. The topological polar surface area (TPSA) is 40.5 Å². The molecule has 2 heteroatoms. The fourth-order valence-electron chi connectivity index (χ4n) is 4.36. The molecular weight excluding hydrogens is 212 g/mol. The van der Waals surface area contributed by atoms with E-state index in [0.717, 1.165) is 25.7 Å². The summed E-state index contributed by atoms with van der Waals surface area (Å²) < 4.78 is 0. The highest BCUT2D eigenvalue weighted by Gasteiger charge is 2.58. The van der Waals surface area contributed by atoms with E-state index in [9.17, 15) is 10.2 Å². The van der Waals surface area contributed by atoms with Crippen molar-refractivity contribution >= 4 is 0 Å². The molecule has 0 spiro atoms. The van der Waals surface area contributed by atoms with Gasteiger partial charge in [0.05, 0.1) is 11.7 Å². The summed E-state index contributed by atoms with van der Waals surface area (Å²) in [5.74, 6) is 0.628. The fourth-order valence-corrected chi connectivity index (χ4v) is 4.36. The highest BCUT2D eigenvalue weighted by Crippen LogP contribution is 2.58. The van der Waals surface area contributed by atoms with Crippen molar-refractivity contribution in [1.29, 1.82) is 0 Å². The molecule has 2 nitrogen and oxygen atoms in total. The van der Waals surface area contributed by atoms with E-state index in [1.54, 1.807) is 0 Å². The van der Waals surface area contributed by atoms with Gasteiger partial charge in [0.2, 0.25) is 0 Å². The first-order valence-corrected chi connectivity index (χ1v) is 6.83. The summed E-state index contributed by atoms with van der Waals surface area (Å²) in [7, 11) is 0. The van der Waals surface area contributed by atoms with Gasteiger partial charge in [-0.2, -0.15) is 0 Å². The standard InChI is InChI=1S/C15H26O2/c1-10(2)9-11-5-7-14(3)12(16)6-8-15(4,17)13(11)14/h9,11-13,16-17H,5-8H2,1-4H3/t11-,12-,13?,14+,15+/m1/s1. The van der Waals surface area contributed by atoms with Gasteiger partial charge in [-0.1, -0.05) is 18.6 Å². The largest absolute Gasteiger partial charge is 0.393 e. The minimum atomic E-state index is -0.624. The smallest absolute Gasteiger partial charge is 0.0660 e. The van der Waals surface area contributed by atoms with E-state index in [2.05, 4.69) is 26.8 Å². The Morgan fingerprint density at radius 2 is 1.82 bits per heavy atom. The van der Waals surface area contributed by atoms with Crippen molar-refractivity contribution < 1.29 is 10.2 Å². The number of allylic oxidation sites excluding steroid dienone is 2. The lowest BCUT2D eigenvalue weighted by Crippen LogP contribution is -2.53. The highest BCUT2D eigenvalue weighted by molar-refractivity contribution is 5.14. The summed E-state index contributed by atoms with van der Waals surface area (Å²) in [4.78, 5) is 0. The molecule has 17 heavy (non-hydrogen) atoms. The van der Waals surface area contributed by atoms with Gasteiger partial charge < -0.3 is 10.2 Å². The average molecular weight is 238 g/mol. The van der Waals surface area contributed by atoms with Gasteiger partial charge in [-0.05, 0) is 57.8 Å². The maximum Gasteiger partial charge on any atom is 0.0660 e. The Bertz CT molecular complexity index is 328. The zero-order valence-electron chi connectivity index (χ0n) is 11.5. The number of hydrogen-bond acceptors (Lipinski definition) is 2. The molecule has 0 bridgehead atoms. The van der Waals surface area contributed by atoms with Crippen LogP contribution < -0.4 is 0 Å². The van der Waals surface area contributed by atoms with Crippen molar-refractivity contribution in [1.82, 2.24) is 0 Å². The molecular formula is C15H26O2. The second-order valence-electron chi connectivity index (χ2n) is 6.84. The van der Waals surface area contributed by atoms with Gasteiger partial charge in [-0.25, -0.2) is 0 Å².